The Kier molecular flexibility index (Phi) is 7.18. The highest BCUT2D eigenvalue weighted by molar-refractivity contribution is 7.99. The van der Waals surface area contributed by atoms with E-state index in [1.165, 1.54) is 11.8 Å². The Morgan fingerprint density at radius 3 is 2.53 bits per heavy atom. The number of aromatic nitrogens is 3. The fourth-order valence-electron chi connectivity index (χ4n) is 3.04. The number of carbonyl (C=O) groups excluding carboxylic acids is 1. The van der Waals surface area contributed by atoms with Gasteiger partial charge >= 0.3 is 0 Å². The summed E-state index contributed by atoms with van der Waals surface area (Å²) in [5.41, 5.74) is 7.88. The van der Waals surface area contributed by atoms with Crippen LogP contribution in [0.3, 0.4) is 0 Å². The molecule has 0 unspecified atom stereocenters. The molecule has 0 saturated heterocycles. The summed E-state index contributed by atoms with van der Waals surface area (Å²) in [7, 11) is 0. The first kappa shape index (κ1) is 22.3. The van der Waals surface area contributed by atoms with Gasteiger partial charge in [-0.15, -0.1) is 0 Å². The van der Waals surface area contributed by atoms with E-state index >= 15 is 0 Å². The number of carbonyl (C=O) groups is 1. The molecule has 0 aliphatic heterocycles. The number of aryl methyl sites for hydroxylation is 3. The zero-order valence-electron chi connectivity index (χ0n) is 17.0. The maximum atomic E-state index is 12.1. The first-order valence-electron chi connectivity index (χ1n) is 9.16. The molecule has 2 aromatic heterocycles. The fraction of sp³-hybridized carbons (Fsp3) is 0.238. The SMILES string of the molecule is Cc1cc(C)nc(SCC(=O)N/N=C/c2cc(C)n(-c3cc(Cl)ccc3Cl)c2C)n1. The first-order chi connectivity index (χ1) is 14.2. The average molecular weight is 462 g/mol. The van der Waals surface area contributed by atoms with Gasteiger partial charge in [-0.3, -0.25) is 4.79 Å². The molecule has 2 heterocycles. The summed E-state index contributed by atoms with van der Waals surface area (Å²) < 4.78 is 2.00. The second kappa shape index (κ2) is 9.64. The maximum Gasteiger partial charge on any atom is 0.250 e. The van der Waals surface area contributed by atoms with Gasteiger partial charge in [0.05, 0.1) is 22.7 Å². The molecule has 1 N–H and O–H groups in total. The van der Waals surface area contributed by atoms with Crippen molar-refractivity contribution in [2.45, 2.75) is 32.9 Å². The molecule has 3 rings (SSSR count). The van der Waals surface area contributed by atoms with Crippen molar-refractivity contribution in [3.8, 4) is 5.69 Å². The van der Waals surface area contributed by atoms with Gasteiger partial charge < -0.3 is 4.57 Å². The van der Waals surface area contributed by atoms with Crippen molar-refractivity contribution in [1.82, 2.24) is 20.0 Å². The number of hydrogen-bond acceptors (Lipinski definition) is 5. The number of amides is 1. The van der Waals surface area contributed by atoms with Gasteiger partial charge in [-0.1, -0.05) is 35.0 Å². The minimum Gasteiger partial charge on any atom is -0.316 e. The molecule has 0 aliphatic rings. The van der Waals surface area contributed by atoms with Crippen molar-refractivity contribution >= 4 is 47.1 Å². The van der Waals surface area contributed by atoms with E-state index < -0.39 is 0 Å². The first-order valence-corrected chi connectivity index (χ1v) is 10.9. The molecule has 156 valence electrons. The molecule has 0 radical (unpaired) electrons. The molecule has 0 fully saturated rings. The molecule has 3 aromatic rings. The lowest BCUT2D eigenvalue weighted by molar-refractivity contribution is -0.118. The highest BCUT2D eigenvalue weighted by Gasteiger charge is 2.13. The molecule has 0 atom stereocenters. The van der Waals surface area contributed by atoms with Crippen LogP contribution in [0, 0.1) is 27.7 Å². The normalized spacial score (nSPS) is 11.3. The number of hydrogen-bond donors (Lipinski definition) is 1. The minimum atomic E-state index is -0.231. The second-order valence-electron chi connectivity index (χ2n) is 6.77. The van der Waals surface area contributed by atoms with Crippen molar-refractivity contribution in [1.29, 1.82) is 0 Å². The van der Waals surface area contributed by atoms with Gasteiger partial charge in [0.1, 0.15) is 0 Å². The van der Waals surface area contributed by atoms with Crippen LogP contribution in [-0.2, 0) is 4.79 Å². The van der Waals surface area contributed by atoms with Crippen LogP contribution >= 0.6 is 35.0 Å². The third-order valence-corrected chi connectivity index (χ3v) is 5.71. The molecule has 9 heteroatoms. The topological polar surface area (TPSA) is 72.2 Å². The van der Waals surface area contributed by atoms with E-state index in [0.717, 1.165) is 34.0 Å². The Labute approximate surface area is 189 Å². The molecular weight excluding hydrogens is 441 g/mol. The summed E-state index contributed by atoms with van der Waals surface area (Å²) in [6.07, 6.45) is 1.62. The third-order valence-electron chi connectivity index (χ3n) is 4.31. The average Bonchev–Trinajstić information content (AvgIpc) is 2.95. The van der Waals surface area contributed by atoms with Gasteiger partial charge in [0.2, 0.25) is 0 Å². The van der Waals surface area contributed by atoms with E-state index in [-0.39, 0.29) is 11.7 Å². The van der Waals surface area contributed by atoms with Crippen molar-refractivity contribution < 1.29 is 4.79 Å². The van der Waals surface area contributed by atoms with E-state index in [1.807, 2.05) is 50.5 Å². The van der Waals surface area contributed by atoms with Crippen LogP contribution in [0.4, 0.5) is 0 Å². The number of nitrogens with zero attached hydrogens (tertiary/aromatic N) is 4. The Bertz CT molecular complexity index is 1110. The van der Waals surface area contributed by atoms with Crippen molar-refractivity contribution in [3.05, 3.63) is 68.7 Å². The summed E-state index contributed by atoms with van der Waals surface area (Å²) >= 11 is 13.8. The number of nitrogens with one attached hydrogen (secondary N) is 1. The Morgan fingerprint density at radius 2 is 1.83 bits per heavy atom. The number of hydrazone groups is 1. The molecular formula is C21H21Cl2N5OS. The van der Waals surface area contributed by atoms with E-state index in [9.17, 15) is 4.79 Å². The molecule has 1 aromatic carbocycles. The predicted octanol–water partition coefficient (Wildman–Crippen LogP) is 5.05. The molecule has 30 heavy (non-hydrogen) atoms. The predicted molar refractivity (Wildman–Crippen MR) is 123 cm³/mol. The maximum absolute atomic E-state index is 12.1. The summed E-state index contributed by atoms with van der Waals surface area (Å²) in [6.45, 7) is 7.73. The lowest BCUT2D eigenvalue weighted by Crippen LogP contribution is -2.19. The highest BCUT2D eigenvalue weighted by atomic mass is 35.5. The summed E-state index contributed by atoms with van der Waals surface area (Å²) in [6, 6.07) is 9.20. The third kappa shape index (κ3) is 5.41. The second-order valence-corrected chi connectivity index (χ2v) is 8.56. The zero-order valence-corrected chi connectivity index (χ0v) is 19.4. The number of benzene rings is 1. The van der Waals surface area contributed by atoms with Gasteiger partial charge in [0.25, 0.3) is 5.91 Å². The van der Waals surface area contributed by atoms with E-state index in [0.29, 0.717) is 15.2 Å². The van der Waals surface area contributed by atoms with Crippen molar-refractivity contribution in [2.24, 2.45) is 5.10 Å². The molecule has 0 aliphatic carbocycles. The Balaban J connectivity index is 1.66. The van der Waals surface area contributed by atoms with Gasteiger partial charge in [0.15, 0.2) is 5.16 Å². The van der Waals surface area contributed by atoms with Crippen LogP contribution in [0.2, 0.25) is 10.0 Å². The summed E-state index contributed by atoms with van der Waals surface area (Å²) in [5.74, 6) is -0.0529. The molecule has 0 bridgehead atoms. The summed E-state index contributed by atoms with van der Waals surface area (Å²) in [4.78, 5) is 20.7. The fourth-order valence-corrected chi connectivity index (χ4v) is 4.15. The minimum absolute atomic E-state index is 0.178. The zero-order chi connectivity index (χ0) is 21.8. The molecule has 0 saturated carbocycles. The Hall–Kier alpha value is -2.35. The smallest absolute Gasteiger partial charge is 0.250 e. The number of rotatable bonds is 6. The van der Waals surface area contributed by atoms with Crippen LogP contribution in [-0.4, -0.2) is 32.4 Å². The van der Waals surface area contributed by atoms with Crippen LogP contribution in [0.25, 0.3) is 5.69 Å². The Morgan fingerprint density at radius 1 is 1.13 bits per heavy atom. The van der Waals surface area contributed by atoms with Crippen LogP contribution < -0.4 is 5.43 Å². The van der Waals surface area contributed by atoms with E-state index in [1.54, 1.807) is 18.3 Å². The monoisotopic (exact) mass is 461 g/mol. The summed E-state index contributed by atoms with van der Waals surface area (Å²) in [5, 5.41) is 5.87. The van der Waals surface area contributed by atoms with Crippen molar-refractivity contribution in [2.75, 3.05) is 5.75 Å². The van der Waals surface area contributed by atoms with Crippen molar-refractivity contribution in [3.63, 3.8) is 0 Å². The van der Waals surface area contributed by atoms with Gasteiger partial charge in [-0.25, -0.2) is 15.4 Å². The van der Waals surface area contributed by atoms with Gasteiger partial charge in [-0.05, 0) is 58.0 Å². The van der Waals surface area contributed by atoms with Crippen LogP contribution in [0.1, 0.15) is 28.3 Å². The van der Waals surface area contributed by atoms with Crippen LogP contribution in [0.5, 0.6) is 0 Å². The van der Waals surface area contributed by atoms with Gasteiger partial charge in [-0.2, -0.15) is 5.10 Å². The highest BCUT2D eigenvalue weighted by Crippen LogP contribution is 2.28. The number of halogens is 2. The van der Waals surface area contributed by atoms with E-state index in [4.69, 9.17) is 23.2 Å². The molecule has 6 nitrogen and oxygen atoms in total. The standard InChI is InChI=1S/C21H21Cl2N5OS/c1-12-7-13(2)26-21(25-12)30-11-20(29)27-24-10-16-8-14(3)28(15(16)4)19-9-17(22)5-6-18(19)23/h5-10H,11H2,1-4H3,(H,27,29)/b24-10+. The number of thioether (sulfide) groups is 1. The molecule has 0 spiro atoms. The van der Waals surface area contributed by atoms with E-state index in [2.05, 4.69) is 20.5 Å². The van der Waals surface area contributed by atoms with Gasteiger partial charge in [0, 0.05) is 33.4 Å². The largest absolute Gasteiger partial charge is 0.316 e. The van der Waals surface area contributed by atoms with Crippen LogP contribution in [0.15, 0.2) is 40.6 Å². The lowest BCUT2D eigenvalue weighted by atomic mass is 10.2. The molecule has 1 amide bonds. The quantitative estimate of drug-likeness (QED) is 0.241. The lowest BCUT2D eigenvalue weighted by Gasteiger charge is -2.12.